The molecule has 1 fully saturated rings. The van der Waals surface area contributed by atoms with Crippen molar-refractivity contribution in [2.75, 3.05) is 18.2 Å². The van der Waals surface area contributed by atoms with Crippen molar-refractivity contribution in [2.45, 2.75) is 25.8 Å². The van der Waals surface area contributed by atoms with Gasteiger partial charge in [-0.25, -0.2) is 9.50 Å². The van der Waals surface area contributed by atoms with E-state index in [1.165, 1.54) is 12.0 Å². The molecule has 0 amide bonds. The molecule has 2 aromatic heterocycles. The van der Waals surface area contributed by atoms with Crippen LogP contribution in [0.2, 0.25) is 0 Å². The van der Waals surface area contributed by atoms with Crippen LogP contribution in [0.4, 0.5) is 5.13 Å². The molecular weight excluding hydrogens is 312 g/mol. The van der Waals surface area contributed by atoms with Crippen molar-refractivity contribution < 1.29 is 9.47 Å². The van der Waals surface area contributed by atoms with Gasteiger partial charge >= 0.3 is 0 Å². The highest BCUT2D eigenvalue weighted by Gasteiger charge is 2.30. The Morgan fingerprint density at radius 3 is 3.09 bits per heavy atom. The quantitative estimate of drug-likeness (QED) is 0.723. The Hall–Kier alpha value is -2.28. The Morgan fingerprint density at radius 2 is 2.17 bits per heavy atom. The van der Waals surface area contributed by atoms with Gasteiger partial charge in [0.1, 0.15) is 0 Å². The van der Waals surface area contributed by atoms with E-state index in [9.17, 15) is 0 Å². The minimum atomic E-state index is 0.316. The Morgan fingerprint density at radius 1 is 1.26 bits per heavy atom. The molecule has 1 aromatic carbocycles. The fraction of sp³-hybridized carbons (Fsp3) is 0.375. The fourth-order valence-electron chi connectivity index (χ4n) is 3.38. The molecule has 0 spiro atoms. The van der Waals surface area contributed by atoms with E-state index in [1.54, 1.807) is 11.3 Å². The van der Waals surface area contributed by atoms with Gasteiger partial charge in [-0.3, -0.25) is 0 Å². The summed E-state index contributed by atoms with van der Waals surface area (Å²) in [7, 11) is 0. The lowest BCUT2D eigenvalue weighted by Gasteiger charge is -2.24. The smallest absolute Gasteiger partial charge is 0.231 e. The topological polar surface area (TPSA) is 51.9 Å². The first-order valence-electron chi connectivity index (χ1n) is 7.77. The predicted octanol–water partition coefficient (Wildman–Crippen LogP) is 3.17. The summed E-state index contributed by atoms with van der Waals surface area (Å²) in [4.78, 5) is 7.84. The third-order valence-corrected chi connectivity index (χ3v) is 5.39. The van der Waals surface area contributed by atoms with Gasteiger partial charge in [-0.1, -0.05) is 17.4 Å². The fourth-order valence-corrected chi connectivity index (χ4v) is 4.38. The van der Waals surface area contributed by atoms with E-state index >= 15 is 0 Å². The number of aromatic nitrogens is 3. The lowest BCUT2D eigenvalue weighted by molar-refractivity contribution is 0.174. The minimum Gasteiger partial charge on any atom is -0.454 e. The number of anilines is 1. The van der Waals surface area contributed by atoms with Gasteiger partial charge in [-0.2, -0.15) is 0 Å². The molecule has 0 bridgehead atoms. The number of aryl methyl sites for hydroxylation is 1. The zero-order chi connectivity index (χ0) is 15.4. The van der Waals surface area contributed by atoms with Crippen LogP contribution in [0.3, 0.4) is 0 Å². The summed E-state index contributed by atoms with van der Waals surface area (Å²) >= 11 is 1.65. The van der Waals surface area contributed by atoms with Gasteiger partial charge in [0, 0.05) is 6.54 Å². The molecular formula is C16H16N4O2S. The van der Waals surface area contributed by atoms with Crippen LogP contribution in [-0.4, -0.2) is 27.9 Å². The summed E-state index contributed by atoms with van der Waals surface area (Å²) in [6.45, 7) is 3.33. The van der Waals surface area contributed by atoms with E-state index in [0.29, 0.717) is 12.8 Å². The highest BCUT2D eigenvalue weighted by Crippen LogP contribution is 2.41. The number of ether oxygens (including phenoxy) is 2. The molecule has 6 nitrogen and oxygen atoms in total. The van der Waals surface area contributed by atoms with E-state index in [1.807, 2.05) is 23.7 Å². The monoisotopic (exact) mass is 328 g/mol. The van der Waals surface area contributed by atoms with Gasteiger partial charge in [0.25, 0.3) is 0 Å². The molecule has 0 aliphatic carbocycles. The van der Waals surface area contributed by atoms with Crippen LogP contribution < -0.4 is 14.4 Å². The van der Waals surface area contributed by atoms with E-state index < -0.39 is 0 Å². The maximum atomic E-state index is 5.52. The molecule has 2 aliphatic heterocycles. The van der Waals surface area contributed by atoms with Gasteiger partial charge in [-0.15, -0.1) is 5.10 Å². The van der Waals surface area contributed by atoms with Crippen molar-refractivity contribution in [3.8, 4) is 11.5 Å². The molecule has 0 radical (unpaired) electrons. The summed E-state index contributed by atoms with van der Waals surface area (Å²) in [6.07, 6.45) is 4.27. The van der Waals surface area contributed by atoms with Crippen molar-refractivity contribution >= 4 is 21.4 Å². The van der Waals surface area contributed by atoms with Gasteiger partial charge in [0.05, 0.1) is 17.9 Å². The molecule has 118 valence electrons. The highest BCUT2D eigenvalue weighted by molar-refractivity contribution is 7.20. The van der Waals surface area contributed by atoms with E-state index in [-0.39, 0.29) is 0 Å². The van der Waals surface area contributed by atoms with Crippen LogP contribution in [0.1, 0.15) is 30.1 Å². The van der Waals surface area contributed by atoms with Gasteiger partial charge in [-0.05, 0) is 37.5 Å². The lowest BCUT2D eigenvalue weighted by atomic mass is 10.0. The Balaban J connectivity index is 1.50. The molecule has 4 heterocycles. The molecule has 7 heteroatoms. The lowest BCUT2D eigenvalue weighted by Crippen LogP contribution is -2.22. The number of imidazole rings is 1. The molecule has 3 aromatic rings. The predicted molar refractivity (Wildman–Crippen MR) is 87.5 cm³/mol. The van der Waals surface area contributed by atoms with Crippen LogP contribution >= 0.6 is 11.3 Å². The zero-order valence-corrected chi connectivity index (χ0v) is 13.5. The molecule has 0 saturated carbocycles. The van der Waals surface area contributed by atoms with Crippen molar-refractivity contribution in [3.05, 3.63) is 35.7 Å². The summed E-state index contributed by atoms with van der Waals surface area (Å²) in [5.74, 6) is 1.68. The molecule has 23 heavy (non-hydrogen) atoms. The largest absolute Gasteiger partial charge is 0.454 e. The van der Waals surface area contributed by atoms with Crippen LogP contribution in [0.25, 0.3) is 4.96 Å². The first-order valence-corrected chi connectivity index (χ1v) is 8.58. The maximum Gasteiger partial charge on any atom is 0.231 e. The summed E-state index contributed by atoms with van der Waals surface area (Å²) in [5, 5.41) is 5.74. The molecule has 0 N–H and O–H groups in total. The first kappa shape index (κ1) is 13.2. The molecule has 5 rings (SSSR count). The van der Waals surface area contributed by atoms with Crippen molar-refractivity contribution in [1.29, 1.82) is 0 Å². The van der Waals surface area contributed by atoms with Crippen LogP contribution in [0.15, 0.2) is 24.4 Å². The van der Waals surface area contributed by atoms with Gasteiger partial charge < -0.3 is 14.4 Å². The minimum absolute atomic E-state index is 0.316. The highest BCUT2D eigenvalue weighted by atomic mass is 32.1. The second-order valence-electron chi connectivity index (χ2n) is 5.96. The van der Waals surface area contributed by atoms with Crippen molar-refractivity contribution in [1.82, 2.24) is 14.6 Å². The van der Waals surface area contributed by atoms with Gasteiger partial charge in [0.2, 0.25) is 16.9 Å². The van der Waals surface area contributed by atoms with Gasteiger partial charge in [0.15, 0.2) is 11.5 Å². The molecule has 2 aliphatic rings. The van der Waals surface area contributed by atoms with Crippen LogP contribution in [0.5, 0.6) is 11.5 Å². The number of hydrogen-bond acceptors (Lipinski definition) is 6. The molecule has 1 atom stereocenters. The number of fused-ring (bicyclic) bond motifs is 2. The average molecular weight is 328 g/mol. The normalized spacial score (nSPS) is 19.9. The zero-order valence-electron chi connectivity index (χ0n) is 12.7. The Kier molecular flexibility index (Phi) is 2.78. The Labute approximate surface area is 137 Å². The third-order valence-electron chi connectivity index (χ3n) is 4.43. The van der Waals surface area contributed by atoms with Crippen LogP contribution in [-0.2, 0) is 0 Å². The molecule has 1 saturated heterocycles. The first-order chi connectivity index (χ1) is 11.3. The maximum absolute atomic E-state index is 5.52. The standard InChI is InChI=1S/C16H16N4O2S/c1-10-8-20-15(17-10)23-16(18-20)19-6-2-3-12(19)11-4-5-13-14(7-11)22-9-21-13/h4-5,7-8,12H,2-3,6,9H2,1H3/t12-/m0/s1. The Bertz CT molecular complexity index is 856. The third kappa shape index (κ3) is 2.07. The summed E-state index contributed by atoms with van der Waals surface area (Å²) in [6, 6.07) is 6.58. The molecule has 0 unspecified atom stereocenters. The summed E-state index contributed by atoms with van der Waals surface area (Å²) < 4.78 is 12.8. The SMILES string of the molecule is Cc1cn2nc(N3CCC[C@H]3c3ccc4c(c3)OCO4)sc2n1. The summed E-state index contributed by atoms with van der Waals surface area (Å²) in [5.41, 5.74) is 2.26. The van der Waals surface area contributed by atoms with Crippen molar-refractivity contribution in [3.63, 3.8) is 0 Å². The number of rotatable bonds is 2. The van der Waals surface area contributed by atoms with Crippen LogP contribution in [0, 0.1) is 6.92 Å². The van der Waals surface area contributed by atoms with Crippen molar-refractivity contribution in [2.24, 2.45) is 0 Å². The number of benzene rings is 1. The average Bonchev–Trinajstić information content (AvgIpc) is 3.28. The second-order valence-corrected chi connectivity index (χ2v) is 6.89. The van der Waals surface area contributed by atoms with E-state index in [4.69, 9.17) is 14.6 Å². The number of nitrogens with zero attached hydrogens (tertiary/aromatic N) is 4. The number of hydrogen-bond donors (Lipinski definition) is 0. The second kappa shape index (κ2) is 4.86. The van der Waals surface area contributed by atoms with E-state index in [0.717, 1.165) is 40.3 Å². The van der Waals surface area contributed by atoms with E-state index in [2.05, 4.69) is 22.0 Å².